The first-order valence-corrected chi connectivity index (χ1v) is 12.2. The molecule has 0 spiro atoms. The van der Waals surface area contributed by atoms with Crippen molar-refractivity contribution in [3.63, 3.8) is 0 Å². The van der Waals surface area contributed by atoms with Crippen LogP contribution in [0.25, 0.3) is 11.3 Å². The Hall–Kier alpha value is -3.16. The van der Waals surface area contributed by atoms with E-state index in [-0.39, 0.29) is 11.9 Å². The summed E-state index contributed by atoms with van der Waals surface area (Å²) >= 11 is 0. The van der Waals surface area contributed by atoms with E-state index in [1.54, 1.807) is 0 Å². The Morgan fingerprint density at radius 1 is 1.09 bits per heavy atom. The molecule has 5 rings (SSSR count). The standard InChI is InChI=1S/C27H32N4O3/c1-2-16-34-22-11-6-10-21(19-22)26-23-24(20-8-4-3-5-9-20)28-29-25(23)27(32)31(26)13-7-12-30-14-17-33-18-15-30/h3-6,8-11,19,26H,2,7,12-18H2,1H3,(H,28,29). The van der Waals surface area contributed by atoms with E-state index in [4.69, 9.17) is 9.47 Å². The lowest BCUT2D eigenvalue weighted by atomic mass is 9.96. The zero-order valence-electron chi connectivity index (χ0n) is 19.7. The first kappa shape index (κ1) is 22.6. The van der Waals surface area contributed by atoms with Crippen molar-refractivity contribution in [1.29, 1.82) is 0 Å². The van der Waals surface area contributed by atoms with Crippen LogP contribution < -0.4 is 4.74 Å². The van der Waals surface area contributed by atoms with Gasteiger partial charge in [0.2, 0.25) is 0 Å². The maximum absolute atomic E-state index is 13.6. The SMILES string of the molecule is CCCOc1cccc(C2c3c(-c4ccccc4)n[nH]c3C(=O)N2CCCN2CCOCC2)c1. The number of rotatable bonds is 9. The molecular weight excluding hydrogens is 428 g/mol. The predicted octanol–water partition coefficient (Wildman–Crippen LogP) is 4.13. The number of benzene rings is 2. The second-order valence-electron chi connectivity index (χ2n) is 8.86. The Balaban J connectivity index is 1.46. The van der Waals surface area contributed by atoms with Gasteiger partial charge in [-0.15, -0.1) is 0 Å². The van der Waals surface area contributed by atoms with Gasteiger partial charge >= 0.3 is 0 Å². The van der Waals surface area contributed by atoms with Gasteiger partial charge < -0.3 is 14.4 Å². The lowest BCUT2D eigenvalue weighted by Crippen LogP contribution is -2.38. The van der Waals surface area contributed by atoms with Crippen molar-refractivity contribution in [2.75, 3.05) is 46.0 Å². The summed E-state index contributed by atoms with van der Waals surface area (Å²) in [7, 11) is 0. The highest BCUT2D eigenvalue weighted by Crippen LogP contribution is 2.43. The largest absolute Gasteiger partial charge is 0.494 e. The molecule has 1 atom stereocenters. The fourth-order valence-electron chi connectivity index (χ4n) is 4.87. The van der Waals surface area contributed by atoms with Crippen LogP contribution in [0.1, 0.15) is 47.4 Å². The molecule has 2 aliphatic rings. The molecule has 1 saturated heterocycles. The van der Waals surface area contributed by atoms with Gasteiger partial charge in [-0.1, -0.05) is 49.4 Å². The number of ether oxygens (including phenoxy) is 2. The molecule has 3 aromatic rings. The lowest BCUT2D eigenvalue weighted by Gasteiger charge is -2.30. The topological polar surface area (TPSA) is 70.7 Å². The monoisotopic (exact) mass is 460 g/mol. The van der Waals surface area contributed by atoms with Gasteiger partial charge in [0.15, 0.2) is 0 Å². The highest BCUT2D eigenvalue weighted by molar-refractivity contribution is 6.00. The van der Waals surface area contributed by atoms with Crippen molar-refractivity contribution >= 4 is 5.91 Å². The zero-order valence-corrected chi connectivity index (χ0v) is 19.7. The molecule has 1 N–H and O–H groups in total. The van der Waals surface area contributed by atoms with Crippen molar-refractivity contribution in [1.82, 2.24) is 20.0 Å². The van der Waals surface area contributed by atoms with Gasteiger partial charge in [-0.3, -0.25) is 14.8 Å². The van der Waals surface area contributed by atoms with Crippen LogP contribution in [0, 0.1) is 0 Å². The van der Waals surface area contributed by atoms with Crippen LogP contribution in [0.3, 0.4) is 0 Å². The second kappa shape index (κ2) is 10.4. The molecule has 1 fully saturated rings. The number of aromatic nitrogens is 2. The molecule has 1 amide bonds. The van der Waals surface area contributed by atoms with Crippen LogP contribution in [-0.4, -0.2) is 71.9 Å². The number of hydrogen-bond donors (Lipinski definition) is 1. The van der Waals surface area contributed by atoms with Crippen LogP contribution in [0.15, 0.2) is 54.6 Å². The summed E-state index contributed by atoms with van der Waals surface area (Å²) < 4.78 is 11.4. The predicted molar refractivity (Wildman–Crippen MR) is 131 cm³/mol. The normalized spacial score (nSPS) is 18.3. The molecule has 178 valence electrons. The molecule has 0 aliphatic carbocycles. The molecule has 0 radical (unpaired) electrons. The number of hydrogen-bond acceptors (Lipinski definition) is 5. The Labute approximate surface area is 200 Å². The van der Waals surface area contributed by atoms with Gasteiger partial charge in [-0.2, -0.15) is 5.10 Å². The zero-order chi connectivity index (χ0) is 23.3. The van der Waals surface area contributed by atoms with E-state index in [2.05, 4.69) is 34.2 Å². The molecule has 2 aromatic carbocycles. The van der Waals surface area contributed by atoms with Crippen molar-refractivity contribution in [2.45, 2.75) is 25.8 Å². The van der Waals surface area contributed by atoms with E-state index >= 15 is 0 Å². The molecular formula is C27H32N4O3. The van der Waals surface area contributed by atoms with Crippen LogP contribution in [0.2, 0.25) is 0 Å². The fourth-order valence-corrected chi connectivity index (χ4v) is 4.87. The molecule has 0 bridgehead atoms. The minimum absolute atomic E-state index is 0.0107. The third-order valence-electron chi connectivity index (χ3n) is 6.53. The summed E-state index contributed by atoms with van der Waals surface area (Å²) in [5, 5.41) is 7.62. The van der Waals surface area contributed by atoms with Crippen molar-refractivity contribution < 1.29 is 14.3 Å². The molecule has 7 heteroatoms. The molecule has 1 unspecified atom stereocenters. The quantitative estimate of drug-likeness (QED) is 0.520. The molecule has 2 aliphatic heterocycles. The van der Waals surface area contributed by atoms with Gasteiger partial charge in [-0.05, 0) is 30.5 Å². The molecule has 3 heterocycles. The van der Waals surface area contributed by atoms with Gasteiger partial charge in [0.1, 0.15) is 11.4 Å². The summed E-state index contributed by atoms with van der Waals surface area (Å²) in [6.45, 7) is 7.88. The third-order valence-corrected chi connectivity index (χ3v) is 6.53. The number of nitrogens with zero attached hydrogens (tertiary/aromatic N) is 3. The Morgan fingerprint density at radius 2 is 1.91 bits per heavy atom. The summed E-state index contributed by atoms with van der Waals surface area (Å²) in [6.07, 6.45) is 1.86. The fraction of sp³-hybridized carbons (Fsp3) is 0.407. The molecule has 0 saturated carbocycles. The Morgan fingerprint density at radius 3 is 2.71 bits per heavy atom. The Bertz CT molecular complexity index is 1110. The molecule has 34 heavy (non-hydrogen) atoms. The summed E-state index contributed by atoms with van der Waals surface area (Å²) in [5.41, 5.74) is 4.44. The average molecular weight is 461 g/mol. The van der Waals surface area contributed by atoms with Crippen molar-refractivity contribution in [3.05, 3.63) is 71.4 Å². The minimum atomic E-state index is -0.202. The number of fused-ring (bicyclic) bond motifs is 1. The first-order chi connectivity index (χ1) is 16.8. The van der Waals surface area contributed by atoms with Gasteiger partial charge in [0.05, 0.1) is 31.6 Å². The first-order valence-electron chi connectivity index (χ1n) is 12.2. The van der Waals surface area contributed by atoms with Crippen LogP contribution in [-0.2, 0) is 4.74 Å². The summed E-state index contributed by atoms with van der Waals surface area (Å²) in [5.74, 6) is 0.842. The second-order valence-corrected chi connectivity index (χ2v) is 8.86. The smallest absolute Gasteiger partial charge is 0.273 e. The Kier molecular flexibility index (Phi) is 6.92. The van der Waals surface area contributed by atoms with E-state index in [1.165, 1.54) is 0 Å². The lowest BCUT2D eigenvalue weighted by molar-refractivity contribution is 0.0354. The van der Waals surface area contributed by atoms with Gasteiger partial charge in [0.25, 0.3) is 5.91 Å². The number of H-pyrrole nitrogens is 1. The van der Waals surface area contributed by atoms with E-state index in [1.807, 2.05) is 47.4 Å². The van der Waals surface area contributed by atoms with Crippen molar-refractivity contribution in [3.8, 4) is 17.0 Å². The van der Waals surface area contributed by atoms with E-state index in [0.29, 0.717) is 18.8 Å². The van der Waals surface area contributed by atoms with Crippen LogP contribution in [0.5, 0.6) is 5.75 Å². The number of nitrogens with one attached hydrogen (secondary N) is 1. The number of morpholine rings is 1. The average Bonchev–Trinajstić information content (AvgIpc) is 3.43. The van der Waals surface area contributed by atoms with E-state index in [0.717, 1.165) is 73.8 Å². The third kappa shape index (κ3) is 4.58. The van der Waals surface area contributed by atoms with E-state index in [9.17, 15) is 4.79 Å². The van der Waals surface area contributed by atoms with Crippen LogP contribution >= 0.6 is 0 Å². The molecule has 1 aromatic heterocycles. The maximum atomic E-state index is 13.6. The van der Waals surface area contributed by atoms with Gasteiger partial charge in [-0.25, -0.2) is 0 Å². The highest BCUT2D eigenvalue weighted by Gasteiger charge is 2.42. The summed E-state index contributed by atoms with van der Waals surface area (Å²) in [6, 6.07) is 18.0. The van der Waals surface area contributed by atoms with E-state index < -0.39 is 0 Å². The maximum Gasteiger partial charge on any atom is 0.273 e. The molecule has 7 nitrogen and oxygen atoms in total. The number of aromatic amines is 1. The number of carbonyl (C=O) groups excluding carboxylic acids is 1. The highest BCUT2D eigenvalue weighted by atomic mass is 16.5. The number of carbonyl (C=O) groups is 1. The summed E-state index contributed by atoms with van der Waals surface area (Å²) in [4.78, 5) is 18.0. The number of amides is 1. The van der Waals surface area contributed by atoms with Gasteiger partial charge in [0, 0.05) is 37.3 Å². The minimum Gasteiger partial charge on any atom is -0.494 e. The van der Waals surface area contributed by atoms with Crippen LogP contribution in [0.4, 0.5) is 0 Å². The van der Waals surface area contributed by atoms with Crippen molar-refractivity contribution in [2.24, 2.45) is 0 Å².